The Morgan fingerprint density at radius 1 is 1.24 bits per heavy atom. The highest BCUT2D eigenvalue weighted by molar-refractivity contribution is 7.91. The fourth-order valence-corrected chi connectivity index (χ4v) is 2.69. The van der Waals surface area contributed by atoms with Gasteiger partial charge >= 0.3 is 0 Å². The molecule has 21 heavy (non-hydrogen) atoms. The average Bonchev–Trinajstić information content (AvgIpc) is 2.28. The smallest absolute Gasteiger partial charge is 0.225 e. The Kier molecular flexibility index (Phi) is 5.53. The van der Waals surface area contributed by atoms with Crippen LogP contribution in [0.2, 0.25) is 0 Å². The lowest BCUT2D eigenvalue weighted by molar-refractivity contribution is -0.116. The molecule has 1 rings (SSSR count). The van der Waals surface area contributed by atoms with Crippen LogP contribution in [0.25, 0.3) is 0 Å². The van der Waals surface area contributed by atoms with E-state index in [9.17, 15) is 13.2 Å². The van der Waals surface area contributed by atoms with Crippen molar-refractivity contribution in [3.05, 3.63) is 29.8 Å². The van der Waals surface area contributed by atoms with E-state index in [1.54, 1.807) is 52.0 Å². The molecule has 0 aliphatic carbocycles. The van der Waals surface area contributed by atoms with Crippen molar-refractivity contribution in [1.29, 1.82) is 0 Å². The van der Waals surface area contributed by atoms with Gasteiger partial charge in [0.15, 0.2) is 9.84 Å². The third kappa shape index (κ3) is 5.47. The topological polar surface area (TPSA) is 89.3 Å². The van der Waals surface area contributed by atoms with Gasteiger partial charge in [0.25, 0.3) is 0 Å². The van der Waals surface area contributed by atoms with E-state index in [1.807, 2.05) is 0 Å². The van der Waals surface area contributed by atoms with Crippen LogP contribution in [0.1, 0.15) is 39.7 Å². The largest absolute Gasteiger partial charge is 0.327 e. The average molecular weight is 312 g/mol. The molecule has 6 heteroatoms. The van der Waals surface area contributed by atoms with Gasteiger partial charge in [0.2, 0.25) is 5.91 Å². The molecule has 0 heterocycles. The van der Waals surface area contributed by atoms with Crippen LogP contribution in [0, 0.1) is 0 Å². The molecule has 0 fully saturated rings. The maximum absolute atomic E-state index is 12.1. The highest BCUT2D eigenvalue weighted by Gasteiger charge is 2.28. The number of amides is 1. The third-order valence-electron chi connectivity index (χ3n) is 3.03. The number of rotatable bonds is 5. The van der Waals surface area contributed by atoms with E-state index in [-0.39, 0.29) is 24.1 Å². The Labute approximate surface area is 126 Å². The predicted octanol–water partition coefficient (Wildman–Crippen LogP) is 2.08. The summed E-state index contributed by atoms with van der Waals surface area (Å²) in [6, 6.07) is 6.63. The summed E-state index contributed by atoms with van der Waals surface area (Å²) in [5, 5.41) is 2.73. The molecule has 0 saturated carbocycles. The first-order valence-electron chi connectivity index (χ1n) is 6.88. The molecule has 0 bridgehead atoms. The number of hydrogen-bond acceptors (Lipinski definition) is 4. The van der Waals surface area contributed by atoms with Crippen LogP contribution in [0.3, 0.4) is 0 Å². The lowest BCUT2D eigenvalue weighted by atomic mass is 10.2. The van der Waals surface area contributed by atoms with Crippen molar-refractivity contribution in [1.82, 2.24) is 0 Å². The van der Waals surface area contributed by atoms with Gasteiger partial charge < -0.3 is 11.1 Å². The van der Waals surface area contributed by atoms with Crippen molar-refractivity contribution >= 4 is 21.4 Å². The van der Waals surface area contributed by atoms with Crippen LogP contribution in [0.5, 0.6) is 0 Å². The molecule has 0 aliphatic heterocycles. The van der Waals surface area contributed by atoms with Gasteiger partial charge in [-0.25, -0.2) is 8.42 Å². The van der Waals surface area contributed by atoms with Crippen LogP contribution in [0.15, 0.2) is 24.3 Å². The molecule has 118 valence electrons. The minimum Gasteiger partial charge on any atom is -0.327 e. The molecular weight excluding hydrogens is 288 g/mol. The van der Waals surface area contributed by atoms with Gasteiger partial charge in [-0.05, 0) is 45.4 Å². The molecule has 0 saturated heterocycles. The molecule has 1 aromatic rings. The summed E-state index contributed by atoms with van der Waals surface area (Å²) in [6.07, 6.45) is 0.250. The van der Waals surface area contributed by atoms with Crippen molar-refractivity contribution in [3.8, 4) is 0 Å². The van der Waals surface area contributed by atoms with Crippen molar-refractivity contribution in [2.75, 3.05) is 5.32 Å². The van der Waals surface area contributed by atoms with E-state index >= 15 is 0 Å². The summed E-state index contributed by atoms with van der Waals surface area (Å²) in [6.45, 7) is 6.82. The minimum atomic E-state index is -3.21. The van der Waals surface area contributed by atoms with Gasteiger partial charge in [-0.15, -0.1) is 0 Å². The molecule has 0 aromatic heterocycles. The first-order valence-corrected chi connectivity index (χ1v) is 8.53. The Bertz CT molecular complexity index is 584. The fourth-order valence-electron chi connectivity index (χ4n) is 1.62. The highest BCUT2D eigenvalue weighted by atomic mass is 32.2. The number of nitrogens with one attached hydrogen (secondary N) is 1. The van der Waals surface area contributed by atoms with Crippen molar-refractivity contribution in [2.45, 2.75) is 50.7 Å². The predicted molar refractivity (Wildman–Crippen MR) is 85.7 cm³/mol. The van der Waals surface area contributed by atoms with Crippen LogP contribution in [0.4, 0.5) is 5.69 Å². The summed E-state index contributed by atoms with van der Waals surface area (Å²) in [5.41, 5.74) is 6.89. The van der Waals surface area contributed by atoms with Crippen molar-refractivity contribution < 1.29 is 13.2 Å². The quantitative estimate of drug-likeness (QED) is 0.871. The number of carbonyl (C=O) groups excluding carboxylic acids is 1. The summed E-state index contributed by atoms with van der Waals surface area (Å²) in [7, 11) is -3.21. The second-order valence-corrected chi connectivity index (χ2v) is 9.04. The lowest BCUT2D eigenvalue weighted by Gasteiger charge is -2.19. The van der Waals surface area contributed by atoms with E-state index in [2.05, 4.69) is 5.32 Å². The summed E-state index contributed by atoms with van der Waals surface area (Å²) in [5.74, 6) is -0.162. The van der Waals surface area contributed by atoms with Gasteiger partial charge in [-0.2, -0.15) is 0 Å². The molecule has 5 nitrogen and oxygen atoms in total. The Morgan fingerprint density at radius 3 is 2.19 bits per heavy atom. The fraction of sp³-hybridized carbons (Fsp3) is 0.533. The van der Waals surface area contributed by atoms with Gasteiger partial charge in [-0.1, -0.05) is 12.1 Å². The van der Waals surface area contributed by atoms with E-state index in [4.69, 9.17) is 5.73 Å². The van der Waals surface area contributed by atoms with E-state index < -0.39 is 14.6 Å². The van der Waals surface area contributed by atoms with Crippen molar-refractivity contribution in [3.63, 3.8) is 0 Å². The molecule has 0 radical (unpaired) electrons. The van der Waals surface area contributed by atoms with Gasteiger partial charge in [0, 0.05) is 18.2 Å². The molecule has 3 N–H and O–H groups in total. The van der Waals surface area contributed by atoms with Crippen LogP contribution >= 0.6 is 0 Å². The second kappa shape index (κ2) is 6.58. The Hall–Kier alpha value is -1.40. The molecule has 1 unspecified atom stereocenters. The molecule has 0 spiro atoms. The Morgan fingerprint density at radius 2 is 1.76 bits per heavy atom. The number of sulfone groups is 1. The molecule has 1 aromatic carbocycles. The van der Waals surface area contributed by atoms with E-state index in [1.165, 1.54) is 0 Å². The number of hydrogen-bond donors (Lipinski definition) is 2. The van der Waals surface area contributed by atoms with Gasteiger partial charge in [-0.3, -0.25) is 4.79 Å². The second-order valence-electron chi connectivity index (χ2n) is 6.30. The zero-order chi connectivity index (χ0) is 16.3. The normalized spacial score (nSPS) is 13.8. The van der Waals surface area contributed by atoms with E-state index in [0.717, 1.165) is 0 Å². The maximum atomic E-state index is 12.1. The molecule has 0 aliphatic rings. The Balaban J connectivity index is 2.73. The van der Waals surface area contributed by atoms with Crippen LogP contribution < -0.4 is 11.1 Å². The number of carbonyl (C=O) groups is 1. The number of anilines is 1. The van der Waals surface area contributed by atoms with Gasteiger partial charge in [0.1, 0.15) is 0 Å². The number of benzene rings is 1. The monoisotopic (exact) mass is 312 g/mol. The summed E-state index contributed by atoms with van der Waals surface area (Å²) in [4.78, 5) is 11.6. The first kappa shape index (κ1) is 17.7. The third-order valence-corrected chi connectivity index (χ3v) is 5.61. The molecule has 1 atom stereocenters. The first-order chi connectivity index (χ1) is 9.51. The summed E-state index contributed by atoms with van der Waals surface area (Å²) >= 11 is 0. The standard InChI is InChI=1S/C15H24N2O3S/c1-11(16)9-14(18)17-13-7-5-12(6-8-13)10-21(19,20)15(2,3)4/h5-8,11H,9-10,16H2,1-4H3,(H,17,18). The zero-order valence-electron chi connectivity index (χ0n) is 13.0. The maximum Gasteiger partial charge on any atom is 0.225 e. The van der Waals surface area contributed by atoms with E-state index in [0.29, 0.717) is 11.3 Å². The lowest BCUT2D eigenvalue weighted by Crippen LogP contribution is -2.29. The van der Waals surface area contributed by atoms with Crippen molar-refractivity contribution in [2.24, 2.45) is 5.73 Å². The molecular formula is C15H24N2O3S. The van der Waals surface area contributed by atoms with Gasteiger partial charge in [0.05, 0.1) is 10.5 Å². The number of nitrogens with two attached hydrogens (primary N) is 1. The SMILES string of the molecule is CC(N)CC(=O)Nc1ccc(CS(=O)(=O)C(C)(C)C)cc1. The zero-order valence-corrected chi connectivity index (χ0v) is 13.8. The summed E-state index contributed by atoms with van der Waals surface area (Å²) < 4.78 is 23.5. The van der Waals surface area contributed by atoms with Crippen LogP contribution in [-0.2, 0) is 20.4 Å². The molecule has 1 amide bonds. The van der Waals surface area contributed by atoms with Crippen LogP contribution in [-0.4, -0.2) is 25.1 Å². The minimum absolute atomic E-state index is 0.00936. The highest BCUT2D eigenvalue weighted by Crippen LogP contribution is 2.21.